The van der Waals surface area contributed by atoms with Crippen molar-refractivity contribution >= 4 is 38.6 Å². The maximum atomic E-state index is 9.46. The molecule has 0 unspecified atom stereocenters. The van der Waals surface area contributed by atoms with Gasteiger partial charge in [0.2, 0.25) is 0 Å². The zero-order chi connectivity index (χ0) is 11.9. The molecule has 3 heterocycles. The second-order valence-corrected chi connectivity index (χ2v) is 7.39. The summed E-state index contributed by atoms with van der Waals surface area (Å²) < 4.78 is 6.31. The lowest BCUT2D eigenvalue weighted by Crippen LogP contribution is -2.49. The Morgan fingerprint density at radius 3 is 2.82 bits per heavy atom. The smallest absolute Gasteiger partial charge is 0.106 e. The summed E-state index contributed by atoms with van der Waals surface area (Å²) in [5.74, 6) is 0. The van der Waals surface area contributed by atoms with Crippen molar-refractivity contribution < 1.29 is 9.84 Å². The number of aliphatic hydroxyl groups is 1. The lowest BCUT2D eigenvalue weighted by Gasteiger charge is -2.37. The molecule has 0 radical (unpaired) electrons. The molecule has 1 saturated heterocycles. The number of hydrogen-bond acceptors (Lipinski definition) is 5. The first kappa shape index (κ1) is 11.8. The van der Waals surface area contributed by atoms with Crippen molar-refractivity contribution in [2.24, 2.45) is 0 Å². The second-order valence-electron chi connectivity index (χ2n) is 4.07. The van der Waals surface area contributed by atoms with Gasteiger partial charge < -0.3 is 9.84 Å². The fourth-order valence-electron chi connectivity index (χ4n) is 1.71. The molecule has 0 bridgehead atoms. The van der Waals surface area contributed by atoms with Gasteiger partial charge in [-0.15, -0.1) is 22.7 Å². The Bertz CT molecular complexity index is 528. The Kier molecular flexibility index (Phi) is 3.08. The van der Waals surface area contributed by atoms with E-state index in [1.165, 1.54) is 0 Å². The minimum absolute atomic E-state index is 0.105. The lowest BCUT2D eigenvalue weighted by molar-refractivity contribution is -0.0841. The van der Waals surface area contributed by atoms with E-state index in [-0.39, 0.29) is 12.0 Å². The summed E-state index contributed by atoms with van der Waals surface area (Å²) in [5, 5.41) is 12.5. The third-order valence-electron chi connectivity index (χ3n) is 2.84. The number of aliphatic hydroxyl groups excluding tert-OH is 1. The van der Waals surface area contributed by atoms with E-state index in [1.54, 1.807) is 22.7 Å². The average molecular weight is 332 g/mol. The van der Waals surface area contributed by atoms with Crippen LogP contribution >= 0.6 is 38.6 Å². The lowest BCUT2D eigenvalue weighted by atomic mass is 9.88. The van der Waals surface area contributed by atoms with E-state index in [1.807, 2.05) is 11.4 Å². The second kappa shape index (κ2) is 4.44. The highest BCUT2D eigenvalue weighted by Gasteiger charge is 2.42. The Balaban J connectivity index is 1.92. The number of halogens is 1. The number of nitrogens with zero attached hydrogens (tertiary/aromatic N) is 1. The number of thiazole rings is 1. The fraction of sp³-hybridized carbons (Fsp3) is 0.364. The summed E-state index contributed by atoms with van der Waals surface area (Å²) in [5.41, 5.74) is 0.734. The molecule has 2 aromatic rings. The summed E-state index contributed by atoms with van der Waals surface area (Å²) in [7, 11) is 0. The van der Waals surface area contributed by atoms with E-state index >= 15 is 0 Å². The van der Waals surface area contributed by atoms with Crippen molar-refractivity contribution in [3.05, 3.63) is 26.3 Å². The summed E-state index contributed by atoms with van der Waals surface area (Å²) in [6.07, 6.45) is 0. The summed E-state index contributed by atoms with van der Waals surface area (Å²) in [6, 6.07) is 4.07. The average Bonchev–Trinajstić information content (AvgIpc) is 2.86. The monoisotopic (exact) mass is 331 g/mol. The number of thiophene rings is 1. The van der Waals surface area contributed by atoms with Gasteiger partial charge >= 0.3 is 0 Å². The van der Waals surface area contributed by atoms with Crippen LogP contribution < -0.4 is 0 Å². The largest absolute Gasteiger partial charge is 0.395 e. The number of rotatable bonds is 3. The molecule has 1 aliphatic rings. The van der Waals surface area contributed by atoms with Gasteiger partial charge in [0, 0.05) is 5.38 Å². The van der Waals surface area contributed by atoms with E-state index in [9.17, 15) is 5.11 Å². The predicted octanol–water partition coefficient (Wildman–Crippen LogP) is 2.89. The first-order chi connectivity index (χ1) is 8.23. The Morgan fingerprint density at radius 2 is 2.29 bits per heavy atom. The van der Waals surface area contributed by atoms with E-state index in [4.69, 9.17) is 4.74 Å². The van der Waals surface area contributed by atoms with Crippen molar-refractivity contribution in [3.63, 3.8) is 0 Å². The standard InChI is InChI=1S/C11H10BrNO2S2/c12-9-2-1-8(17-9)7-3-16-10(13-7)11(4-14)5-15-6-11/h1-3,14H,4-6H2. The highest BCUT2D eigenvalue weighted by molar-refractivity contribution is 9.11. The molecule has 1 fully saturated rings. The maximum Gasteiger partial charge on any atom is 0.106 e. The normalized spacial score (nSPS) is 18.0. The van der Waals surface area contributed by atoms with Crippen molar-refractivity contribution in [2.45, 2.75) is 5.41 Å². The summed E-state index contributed by atoms with van der Waals surface area (Å²) >= 11 is 6.71. The number of hydrogen-bond donors (Lipinski definition) is 1. The summed E-state index contributed by atoms with van der Waals surface area (Å²) in [6.45, 7) is 1.25. The molecule has 0 amide bonds. The third kappa shape index (κ3) is 1.98. The molecule has 0 saturated carbocycles. The SMILES string of the molecule is OCC1(c2nc(-c3ccc(Br)s3)cs2)COC1. The molecule has 0 spiro atoms. The quantitative estimate of drug-likeness (QED) is 0.940. The van der Waals surface area contributed by atoms with Gasteiger partial charge in [-0.25, -0.2) is 4.98 Å². The first-order valence-electron chi connectivity index (χ1n) is 5.14. The van der Waals surface area contributed by atoms with E-state index in [0.29, 0.717) is 13.2 Å². The van der Waals surface area contributed by atoms with Crippen LogP contribution in [0.4, 0.5) is 0 Å². The zero-order valence-electron chi connectivity index (χ0n) is 8.85. The minimum Gasteiger partial charge on any atom is -0.395 e. The molecule has 0 atom stereocenters. The molecule has 90 valence electrons. The van der Waals surface area contributed by atoms with Crippen LogP contribution in [0.15, 0.2) is 21.3 Å². The van der Waals surface area contributed by atoms with Gasteiger partial charge in [-0.3, -0.25) is 0 Å². The van der Waals surface area contributed by atoms with Gasteiger partial charge in [0.05, 0.1) is 39.6 Å². The van der Waals surface area contributed by atoms with Gasteiger partial charge in [0.15, 0.2) is 0 Å². The van der Waals surface area contributed by atoms with Crippen molar-refractivity contribution in [1.82, 2.24) is 4.98 Å². The zero-order valence-corrected chi connectivity index (χ0v) is 12.1. The molecular formula is C11H10BrNO2S2. The van der Waals surface area contributed by atoms with Gasteiger partial charge in [0.1, 0.15) is 5.01 Å². The van der Waals surface area contributed by atoms with Crippen LogP contribution in [-0.2, 0) is 10.2 Å². The highest BCUT2D eigenvalue weighted by Crippen LogP contribution is 2.38. The molecule has 3 nitrogen and oxygen atoms in total. The van der Waals surface area contributed by atoms with Crippen molar-refractivity contribution in [3.8, 4) is 10.6 Å². The van der Waals surface area contributed by atoms with Crippen LogP contribution in [0.2, 0.25) is 0 Å². The highest BCUT2D eigenvalue weighted by atomic mass is 79.9. The maximum absolute atomic E-state index is 9.46. The Morgan fingerprint density at radius 1 is 1.47 bits per heavy atom. The molecule has 1 N–H and O–H groups in total. The third-order valence-corrected chi connectivity index (χ3v) is 5.58. The van der Waals surface area contributed by atoms with Crippen LogP contribution in [0.25, 0.3) is 10.6 Å². The van der Waals surface area contributed by atoms with Crippen LogP contribution in [0.5, 0.6) is 0 Å². The van der Waals surface area contributed by atoms with Crippen LogP contribution in [0.1, 0.15) is 5.01 Å². The van der Waals surface area contributed by atoms with Crippen LogP contribution in [0.3, 0.4) is 0 Å². The Hall–Kier alpha value is -0.270. The minimum atomic E-state index is -0.253. The van der Waals surface area contributed by atoms with Crippen LogP contribution in [-0.4, -0.2) is 29.9 Å². The van der Waals surface area contributed by atoms with Crippen molar-refractivity contribution in [2.75, 3.05) is 19.8 Å². The van der Waals surface area contributed by atoms with Gasteiger partial charge in [-0.1, -0.05) is 0 Å². The summed E-state index contributed by atoms with van der Waals surface area (Å²) in [4.78, 5) is 5.77. The van der Waals surface area contributed by atoms with Crippen molar-refractivity contribution in [1.29, 1.82) is 0 Å². The molecule has 0 aliphatic carbocycles. The molecule has 17 heavy (non-hydrogen) atoms. The van der Waals surface area contributed by atoms with E-state index < -0.39 is 0 Å². The number of ether oxygens (including phenoxy) is 1. The molecular weight excluding hydrogens is 322 g/mol. The molecule has 0 aromatic carbocycles. The van der Waals surface area contributed by atoms with E-state index in [2.05, 4.69) is 27.0 Å². The van der Waals surface area contributed by atoms with Gasteiger partial charge in [0.25, 0.3) is 0 Å². The first-order valence-corrected chi connectivity index (χ1v) is 7.63. The Labute approximate surface area is 115 Å². The molecule has 3 rings (SSSR count). The van der Waals surface area contributed by atoms with Gasteiger partial charge in [-0.2, -0.15) is 0 Å². The predicted molar refractivity (Wildman–Crippen MR) is 72.7 cm³/mol. The fourth-order valence-corrected chi connectivity index (χ4v) is 4.12. The topological polar surface area (TPSA) is 42.4 Å². The molecule has 1 aliphatic heterocycles. The number of aromatic nitrogens is 1. The van der Waals surface area contributed by atoms with E-state index in [0.717, 1.165) is 19.4 Å². The van der Waals surface area contributed by atoms with Crippen LogP contribution in [0, 0.1) is 0 Å². The van der Waals surface area contributed by atoms with Gasteiger partial charge in [-0.05, 0) is 28.1 Å². The molecule has 2 aromatic heterocycles. The molecule has 6 heteroatoms.